The van der Waals surface area contributed by atoms with Gasteiger partial charge in [-0.05, 0) is 6.92 Å². The summed E-state index contributed by atoms with van der Waals surface area (Å²) in [5.74, 6) is -2.18. The lowest BCUT2D eigenvalue weighted by atomic mass is 9.82. The number of fused-ring (bicyclic) bond motifs is 4. The first-order chi connectivity index (χ1) is 13.2. The number of primary amides is 2. The largest absolute Gasteiger partial charge is 0.449 e. The van der Waals surface area contributed by atoms with E-state index in [9.17, 15) is 19.2 Å². The number of methoxy groups -OCH3 is 1. The number of carbonyl (C=O) groups is 4. The number of hydrogen-bond acceptors (Lipinski definition) is 9. The first-order valence-corrected chi connectivity index (χ1v) is 8.81. The Bertz CT molecular complexity index is 879. The molecule has 4 aliphatic rings. The number of carbonyl (C=O) groups excluding carboxylic acids is 4. The second kappa shape index (κ2) is 6.04. The van der Waals surface area contributed by atoms with Gasteiger partial charge in [0.05, 0.1) is 29.9 Å². The maximum absolute atomic E-state index is 13.3. The normalized spacial score (nSPS) is 32.9. The summed E-state index contributed by atoms with van der Waals surface area (Å²) in [7, 11) is 1.49. The standard InChI is InChI=1S/C17H21N5O6/c1-6-11(20-3-9(18)23)14(25)10-7(5-28-16(19)26)17(27-2)15-8(21-15)4-22(17)12(10)13(6)24/h7-8,15,20-21H,3-5H2,1-2H3,(H2,18,23)(H2,19,26)/t7-,8+,15+,17?/m0/s1. The number of ketones is 2. The van der Waals surface area contributed by atoms with Crippen LogP contribution in [0.15, 0.2) is 22.5 Å². The first-order valence-electron chi connectivity index (χ1n) is 8.81. The second-order valence-corrected chi connectivity index (χ2v) is 7.24. The molecule has 4 rings (SSSR count). The summed E-state index contributed by atoms with van der Waals surface area (Å²) < 4.78 is 10.9. The smallest absolute Gasteiger partial charge is 0.404 e. The molecule has 0 radical (unpaired) electrons. The average Bonchev–Trinajstić information content (AvgIpc) is 3.24. The number of Topliss-reactive ketones (excluding diaryl/α,β-unsaturated/α-hetero) is 2. The van der Waals surface area contributed by atoms with Crippen molar-refractivity contribution in [2.45, 2.75) is 24.7 Å². The lowest BCUT2D eigenvalue weighted by Gasteiger charge is -2.39. The third-order valence-corrected chi connectivity index (χ3v) is 5.87. The molecule has 0 aromatic carbocycles. The van der Waals surface area contributed by atoms with Crippen molar-refractivity contribution < 1.29 is 28.7 Å². The topological polar surface area (TPSA) is 176 Å². The van der Waals surface area contributed by atoms with Crippen LogP contribution in [-0.4, -0.2) is 73.1 Å². The zero-order chi connectivity index (χ0) is 20.4. The van der Waals surface area contributed by atoms with Gasteiger partial charge in [-0.15, -0.1) is 0 Å². The number of ether oxygens (including phenoxy) is 2. The van der Waals surface area contributed by atoms with Crippen LogP contribution in [-0.2, 0) is 23.9 Å². The summed E-state index contributed by atoms with van der Waals surface area (Å²) in [6.45, 7) is 1.50. The van der Waals surface area contributed by atoms with Gasteiger partial charge < -0.3 is 36.5 Å². The molecule has 1 aliphatic carbocycles. The molecule has 4 atom stereocenters. The summed E-state index contributed by atoms with van der Waals surface area (Å²) in [5, 5.41) is 5.93. The molecule has 2 fully saturated rings. The molecule has 0 bridgehead atoms. The van der Waals surface area contributed by atoms with Crippen LogP contribution < -0.4 is 22.1 Å². The molecule has 6 N–H and O–H groups in total. The van der Waals surface area contributed by atoms with E-state index in [1.807, 2.05) is 0 Å². The maximum Gasteiger partial charge on any atom is 0.404 e. The van der Waals surface area contributed by atoms with Gasteiger partial charge in [0, 0.05) is 30.8 Å². The molecule has 11 heteroatoms. The van der Waals surface area contributed by atoms with E-state index in [1.165, 1.54) is 14.0 Å². The Morgan fingerprint density at radius 1 is 1.32 bits per heavy atom. The van der Waals surface area contributed by atoms with Gasteiger partial charge in [-0.25, -0.2) is 4.79 Å². The average molecular weight is 391 g/mol. The first kappa shape index (κ1) is 18.4. The molecule has 0 spiro atoms. The van der Waals surface area contributed by atoms with Gasteiger partial charge in [0.1, 0.15) is 6.61 Å². The highest BCUT2D eigenvalue weighted by atomic mass is 16.6. The lowest BCUT2D eigenvalue weighted by molar-refractivity contribution is -0.137. The van der Waals surface area contributed by atoms with Crippen LogP contribution in [0.1, 0.15) is 6.92 Å². The van der Waals surface area contributed by atoms with E-state index >= 15 is 0 Å². The van der Waals surface area contributed by atoms with Crippen LogP contribution in [0.25, 0.3) is 0 Å². The van der Waals surface area contributed by atoms with Crippen LogP contribution >= 0.6 is 0 Å². The van der Waals surface area contributed by atoms with Crippen molar-refractivity contribution in [3.8, 4) is 0 Å². The van der Waals surface area contributed by atoms with Crippen LogP contribution in [0.4, 0.5) is 4.79 Å². The number of hydrogen-bond donors (Lipinski definition) is 4. The molecule has 2 amide bonds. The molecule has 0 saturated carbocycles. The third-order valence-electron chi connectivity index (χ3n) is 5.87. The zero-order valence-electron chi connectivity index (χ0n) is 15.4. The number of rotatable bonds is 6. The van der Waals surface area contributed by atoms with Gasteiger partial charge >= 0.3 is 6.09 Å². The molecule has 2 saturated heterocycles. The van der Waals surface area contributed by atoms with Gasteiger partial charge in [0.25, 0.3) is 0 Å². The van der Waals surface area contributed by atoms with E-state index in [4.69, 9.17) is 20.9 Å². The predicted molar refractivity (Wildman–Crippen MR) is 93.1 cm³/mol. The maximum atomic E-state index is 13.3. The summed E-state index contributed by atoms with van der Waals surface area (Å²) in [6.07, 6.45) is -0.987. The van der Waals surface area contributed by atoms with Crippen LogP contribution in [0.3, 0.4) is 0 Å². The highest BCUT2D eigenvalue weighted by molar-refractivity contribution is 6.25. The summed E-state index contributed by atoms with van der Waals surface area (Å²) in [6, 6.07) is -0.000777. The number of amides is 2. The van der Waals surface area contributed by atoms with Crippen LogP contribution in [0.5, 0.6) is 0 Å². The van der Waals surface area contributed by atoms with Crippen molar-refractivity contribution in [2.24, 2.45) is 17.4 Å². The monoisotopic (exact) mass is 391 g/mol. The Morgan fingerprint density at radius 3 is 2.64 bits per heavy atom. The summed E-state index contributed by atoms with van der Waals surface area (Å²) >= 11 is 0. The van der Waals surface area contributed by atoms with Crippen molar-refractivity contribution >= 4 is 23.6 Å². The quantitative estimate of drug-likeness (QED) is 0.281. The van der Waals surface area contributed by atoms with E-state index < -0.39 is 29.4 Å². The van der Waals surface area contributed by atoms with Gasteiger partial charge in [-0.1, -0.05) is 0 Å². The predicted octanol–water partition coefficient (Wildman–Crippen LogP) is -2.53. The molecule has 3 aliphatic heterocycles. The minimum absolute atomic E-state index is 0.0133. The fourth-order valence-electron chi connectivity index (χ4n) is 4.68. The van der Waals surface area contributed by atoms with Gasteiger partial charge in [-0.2, -0.15) is 0 Å². The molecule has 28 heavy (non-hydrogen) atoms. The van der Waals surface area contributed by atoms with E-state index in [0.29, 0.717) is 6.54 Å². The fourth-order valence-corrected chi connectivity index (χ4v) is 4.68. The van der Waals surface area contributed by atoms with Crippen LogP contribution in [0, 0.1) is 5.92 Å². The highest BCUT2D eigenvalue weighted by Crippen LogP contribution is 2.55. The van der Waals surface area contributed by atoms with E-state index in [-0.39, 0.29) is 53.6 Å². The Morgan fingerprint density at radius 2 is 2.04 bits per heavy atom. The molecule has 3 heterocycles. The summed E-state index contributed by atoms with van der Waals surface area (Å²) in [5.41, 5.74) is 9.90. The minimum Gasteiger partial charge on any atom is -0.449 e. The lowest BCUT2D eigenvalue weighted by Crippen LogP contribution is -2.55. The van der Waals surface area contributed by atoms with Gasteiger partial charge in [0.15, 0.2) is 5.72 Å². The Kier molecular flexibility index (Phi) is 3.98. The Labute approximate surface area is 160 Å². The number of piperazine rings is 1. The number of nitrogens with one attached hydrogen (secondary N) is 2. The van der Waals surface area contributed by atoms with Crippen molar-refractivity contribution in [1.29, 1.82) is 0 Å². The van der Waals surface area contributed by atoms with Crippen molar-refractivity contribution in [2.75, 3.05) is 26.8 Å². The Hall–Kier alpha value is -2.92. The van der Waals surface area contributed by atoms with Crippen molar-refractivity contribution in [1.82, 2.24) is 15.5 Å². The molecule has 0 aromatic rings. The zero-order valence-corrected chi connectivity index (χ0v) is 15.4. The highest BCUT2D eigenvalue weighted by Gasteiger charge is 2.72. The van der Waals surface area contributed by atoms with Gasteiger partial charge in [0.2, 0.25) is 17.5 Å². The van der Waals surface area contributed by atoms with E-state index in [2.05, 4.69) is 10.6 Å². The third kappa shape index (κ3) is 2.29. The van der Waals surface area contributed by atoms with E-state index in [1.54, 1.807) is 4.90 Å². The molecule has 0 aromatic heterocycles. The molecular formula is C17H21N5O6. The number of nitrogens with two attached hydrogens (primary N) is 2. The SMILES string of the molecule is COC12[C@@H]3N[C@@H]3CN1C1=C(C(=O)C(NCC(N)=O)=C(C)C1=O)[C@@H]2COC(N)=O. The van der Waals surface area contributed by atoms with Crippen LogP contribution in [0.2, 0.25) is 0 Å². The fraction of sp³-hybridized carbons (Fsp3) is 0.529. The van der Waals surface area contributed by atoms with Crippen molar-refractivity contribution in [3.63, 3.8) is 0 Å². The number of nitrogens with zero attached hydrogens (tertiary/aromatic N) is 1. The van der Waals surface area contributed by atoms with E-state index in [0.717, 1.165) is 0 Å². The minimum atomic E-state index is -1.03. The molecule has 1 unspecified atom stereocenters. The Balaban J connectivity index is 1.77. The molecule has 150 valence electrons. The van der Waals surface area contributed by atoms with Gasteiger partial charge in [-0.3, -0.25) is 14.4 Å². The second-order valence-electron chi connectivity index (χ2n) is 7.24. The molecule has 11 nitrogen and oxygen atoms in total. The van der Waals surface area contributed by atoms with Crippen molar-refractivity contribution in [3.05, 3.63) is 22.5 Å². The summed E-state index contributed by atoms with van der Waals surface area (Å²) in [4.78, 5) is 50.6. The molecular weight excluding hydrogens is 370 g/mol. The number of allylic oxidation sites excluding steroid dienone is 2.